The third-order valence-electron chi connectivity index (χ3n) is 4.24. The van der Waals surface area contributed by atoms with Crippen molar-refractivity contribution in [3.05, 3.63) is 34.4 Å². The predicted octanol–water partition coefficient (Wildman–Crippen LogP) is 3.92. The molecular weight excluding hydrogens is 206 g/mol. The molecular formula is C16H25N. The molecule has 0 aromatic heterocycles. The fourth-order valence-electron chi connectivity index (χ4n) is 2.85. The van der Waals surface area contributed by atoms with Gasteiger partial charge in [-0.05, 0) is 67.8 Å². The molecule has 3 unspecified atom stereocenters. The van der Waals surface area contributed by atoms with Crippen molar-refractivity contribution in [1.82, 2.24) is 5.32 Å². The Bertz CT molecular complexity index is 408. The molecule has 2 rings (SSSR count). The van der Waals surface area contributed by atoms with E-state index in [-0.39, 0.29) is 0 Å². The van der Waals surface area contributed by atoms with Crippen LogP contribution < -0.4 is 5.32 Å². The standard InChI is InChI=1S/C16H25N/c1-6-17-16(15-9-13(15)5)14-8-11(3)10(2)7-12(14)4/h7-8,13,15-17H,6,9H2,1-5H3. The third kappa shape index (κ3) is 2.55. The first-order valence-electron chi connectivity index (χ1n) is 6.85. The van der Waals surface area contributed by atoms with Crippen molar-refractivity contribution in [3.63, 3.8) is 0 Å². The van der Waals surface area contributed by atoms with E-state index in [0.29, 0.717) is 6.04 Å². The van der Waals surface area contributed by atoms with E-state index in [4.69, 9.17) is 0 Å². The van der Waals surface area contributed by atoms with Crippen molar-refractivity contribution in [2.24, 2.45) is 11.8 Å². The molecule has 1 aliphatic carbocycles. The molecule has 1 fully saturated rings. The highest BCUT2D eigenvalue weighted by Gasteiger charge is 2.40. The number of hydrogen-bond donors (Lipinski definition) is 1. The highest BCUT2D eigenvalue weighted by molar-refractivity contribution is 5.39. The van der Waals surface area contributed by atoms with E-state index in [0.717, 1.165) is 18.4 Å². The Morgan fingerprint density at radius 1 is 1.18 bits per heavy atom. The van der Waals surface area contributed by atoms with E-state index in [2.05, 4.69) is 52.1 Å². The Labute approximate surface area is 106 Å². The molecule has 3 atom stereocenters. The molecule has 0 spiro atoms. The lowest BCUT2D eigenvalue weighted by Crippen LogP contribution is -2.24. The summed E-state index contributed by atoms with van der Waals surface area (Å²) in [5, 5.41) is 3.68. The lowest BCUT2D eigenvalue weighted by atomic mass is 9.92. The van der Waals surface area contributed by atoms with Crippen LogP contribution >= 0.6 is 0 Å². The molecule has 1 nitrogen and oxygen atoms in total. The minimum absolute atomic E-state index is 0.564. The van der Waals surface area contributed by atoms with Gasteiger partial charge in [-0.2, -0.15) is 0 Å². The maximum absolute atomic E-state index is 3.68. The molecule has 0 amide bonds. The van der Waals surface area contributed by atoms with Crippen LogP contribution in [0.1, 0.15) is 48.6 Å². The molecule has 1 heteroatoms. The van der Waals surface area contributed by atoms with Crippen LogP contribution in [0, 0.1) is 32.6 Å². The Morgan fingerprint density at radius 3 is 2.29 bits per heavy atom. The first-order valence-corrected chi connectivity index (χ1v) is 6.85. The van der Waals surface area contributed by atoms with E-state index >= 15 is 0 Å². The van der Waals surface area contributed by atoms with Crippen LogP contribution in [0.15, 0.2) is 12.1 Å². The first-order chi connectivity index (χ1) is 8.04. The molecule has 94 valence electrons. The smallest absolute Gasteiger partial charge is 0.0353 e. The quantitative estimate of drug-likeness (QED) is 0.828. The van der Waals surface area contributed by atoms with Gasteiger partial charge in [0.15, 0.2) is 0 Å². The summed E-state index contributed by atoms with van der Waals surface area (Å²) < 4.78 is 0. The molecule has 0 saturated heterocycles. The van der Waals surface area contributed by atoms with Crippen LogP contribution in [-0.4, -0.2) is 6.54 Å². The normalized spacial score (nSPS) is 24.8. The van der Waals surface area contributed by atoms with E-state index in [1.54, 1.807) is 0 Å². The van der Waals surface area contributed by atoms with Crippen LogP contribution in [0.3, 0.4) is 0 Å². The summed E-state index contributed by atoms with van der Waals surface area (Å²) in [6.45, 7) is 12.3. The van der Waals surface area contributed by atoms with Gasteiger partial charge in [-0.3, -0.25) is 0 Å². The highest BCUT2D eigenvalue weighted by Crippen LogP contribution is 2.47. The van der Waals surface area contributed by atoms with Crippen LogP contribution in [0.5, 0.6) is 0 Å². The van der Waals surface area contributed by atoms with Gasteiger partial charge < -0.3 is 5.32 Å². The fourth-order valence-corrected chi connectivity index (χ4v) is 2.85. The van der Waals surface area contributed by atoms with E-state index < -0.39 is 0 Å². The Morgan fingerprint density at radius 2 is 1.76 bits per heavy atom. The molecule has 0 aliphatic heterocycles. The van der Waals surface area contributed by atoms with Crippen molar-refractivity contribution in [1.29, 1.82) is 0 Å². The van der Waals surface area contributed by atoms with Gasteiger partial charge in [-0.15, -0.1) is 0 Å². The second-order valence-electron chi connectivity index (χ2n) is 5.71. The molecule has 0 radical (unpaired) electrons. The second-order valence-corrected chi connectivity index (χ2v) is 5.71. The Kier molecular flexibility index (Phi) is 3.58. The zero-order valence-corrected chi connectivity index (χ0v) is 11.8. The first kappa shape index (κ1) is 12.6. The van der Waals surface area contributed by atoms with E-state index in [1.807, 2.05) is 0 Å². The number of aryl methyl sites for hydroxylation is 3. The summed E-state index contributed by atoms with van der Waals surface area (Å²) in [5.74, 6) is 1.73. The summed E-state index contributed by atoms with van der Waals surface area (Å²) in [4.78, 5) is 0. The number of nitrogens with one attached hydrogen (secondary N) is 1. The summed E-state index contributed by atoms with van der Waals surface area (Å²) >= 11 is 0. The molecule has 0 bridgehead atoms. The number of rotatable bonds is 4. The van der Waals surface area contributed by atoms with Crippen LogP contribution in [0.25, 0.3) is 0 Å². The SMILES string of the molecule is CCNC(c1cc(C)c(C)cc1C)C1CC1C. The summed E-state index contributed by atoms with van der Waals surface area (Å²) in [5.41, 5.74) is 5.79. The monoisotopic (exact) mass is 231 g/mol. The van der Waals surface area contributed by atoms with Gasteiger partial charge in [0.1, 0.15) is 0 Å². The third-order valence-corrected chi connectivity index (χ3v) is 4.24. The average Bonchev–Trinajstić information content (AvgIpc) is 2.98. The molecule has 1 N–H and O–H groups in total. The topological polar surface area (TPSA) is 12.0 Å². The largest absolute Gasteiger partial charge is 0.310 e. The van der Waals surface area contributed by atoms with Crippen LogP contribution in [-0.2, 0) is 0 Å². The van der Waals surface area contributed by atoms with Gasteiger partial charge in [-0.25, -0.2) is 0 Å². The van der Waals surface area contributed by atoms with Crippen molar-refractivity contribution in [2.75, 3.05) is 6.54 Å². The van der Waals surface area contributed by atoms with Gasteiger partial charge in [0.05, 0.1) is 0 Å². The summed E-state index contributed by atoms with van der Waals surface area (Å²) in [6, 6.07) is 5.29. The predicted molar refractivity (Wildman–Crippen MR) is 74.3 cm³/mol. The maximum atomic E-state index is 3.68. The zero-order valence-electron chi connectivity index (χ0n) is 11.8. The molecule has 1 aromatic rings. The fraction of sp³-hybridized carbons (Fsp3) is 0.625. The van der Waals surface area contributed by atoms with Gasteiger partial charge in [0.2, 0.25) is 0 Å². The van der Waals surface area contributed by atoms with Gasteiger partial charge >= 0.3 is 0 Å². The summed E-state index contributed by atoms with van der Waals surface area (Å²) in [6.07, 6.45) is 1.38. The minimum atomic E-state index is 0.564. The van der Waals surface area contributed by atoms with Crippen molar-refractivity contribution < 1.29 is 0 Å². The van der Waals surface area contributed by atoms with Crippen molar-refractivity contribution in [2.45, 2.75) is 47.1 Å². The molecule has 17 heavy (non-hydrogen) atoms. The summed E-state index contributed by atoms with van der Waals surface area (Å²) in [7, 11) is 0. The lowest BCUT2D eigenvalue weighted by Gasteiger charge is -2.22. The van der Waals surface area contributed by atoms with Crippen LogP contribution in [0.4, 0.5) is 0 Å². The van der Waals surface area contributed by atoms with Crippen molar-refractivity contribution in [3.8, 4) is 0 Å². The zero-order chi connectivity index (χ0) is 12.6. The average molecular weight is 231 g/mol. The molecule has 1 aromatic carbocycles. The van der Waals surface area contributed by atoms with E-state index in [1.165, 1.54) is 28.7 Å². The molecule has 1 saturated carbocycles. The minimum Gasteiger partial charge on any atom is -0.310 e. The van der Waals surface area contributed by atoms with Crippen molar-refractivity contribution >= 4 is 0 Å². The second kappa shape index (κ2) is 4.81. The van der Waals surface area contributed by atoms with Gasteiger partial charge in [0.25, 0.3) is 0 Å². The number of hydrogen-bond acceptors (Lipinski definition) is 1. The van der Waals surface area contributed by atoms with E-state index in [9.17, 15) is 0 Å². The maximum Gasteiger partial charge on any atom is 0.0353 e. The number of benzene rings is 1. The van der Waals surface area contributed by atoms with Crippen LogP contribution in [0.2, 0.25) is 0 Å². The van der Waals surface area contributed by atoms with Gasteiger partial charge in [-0.1, -0.05) is 26.0 Å². The lowest BCUT2D eigenvalue weighted by molar-refractivity contribution is 0.473. The van der Waals surface area contributed by atoms with Gasteiger partial charge in [0, 0.05) is 6.04 Å². The molecule has 1 aliphatic rings. The Hall–Kier alpha value is -0.820. The Balaban J connectivity index is 2.32. The highest BCUT2D eigenvalue weighted by atomic mass is 14.9. The molecule has 0 heterocycles.